The number of para-hydroxylation sites is 2. The maximum absolute atomic E-state index is 13.9. The molecular weight excluding hydrogens is 476 g/mol. The van der Waals surface area contributed by atoms with Crippen LogP contribution in [0.1, 0.15) is 23.7 Å². The van der Waals surface area contributed by atoms with Gasteiger partial charge in [0.05, 0.1) is 36.0 Å². The summed E-state index contributed by atoms with van der Waals surface area (Å²) in [5.74, 6) is -2.29. The van der Waals surface area contributed by atoms with Crippen LogP contribution in [0.4, 0.5) is 5.69 Å². The average molecular weight is 505 g/mol. The first kappa shape index (κ1) is 24.3. The largest absolute Gasteiger partial charge is 0.468 e. The Kier molecular flexibility index (Phi) is 6.44. The van der Waals surface area contributed by atoms with Crippen molar-refractivity contribution < 1.29 is 19.1 Å². The normalized spacial score (nSPS) is 25.3. The molecule has 1 aromatic heterocycles. The van der Waals surface area contributed by atoms with Crippen molar-refractivity contribution >= 4 is 35.2 Å². The van der Waals surface area contributed by atoms with Crippen LogP contribution in [0.2, 0.25) is 0 Å². The van der Waals surface area contributed by atoms with Gasteiger partial charge in [0.1, 0.15) is 5.54 Å². The van der Waals surface area contributed by atoms with E-state index in [0.29, 0.717) is 17.9 Å². The number of thioether (sulfide) groups is 1. The molecule has 2 fully saturated rings. The summed E-state index contributed by atoms with van der Waals surface area (Å²) in [6.45, 7) is 1.88. The number of rotatable bonds is 7. The van der Waals surface area contributed by atoms with Gasteiger partial charge in [-0.15, -0.1) is 0 Å². The highest BCUT2D eigenvalue weighted by Gasteiger charge is 2.69. The number of hydrogen-bond donors (Lipinski definition) is 1. The summed E-state index contributed by atoms with van der Waals surface area (Å²) in [5, 5.41) is 8.12. The summed E-state index contributed by atoms with van der Waals surface area (Å²) < 4.78 is 7.00. The fourth-order valence-electron chi connectivity index (χ4n) is 5.56. The highest BCUT2D eigenvalue weighted by molar-refractivity contribution is 7.98. The SMILES string of the molecule is COC(=O)[C@]1(CCSC)N[C@H](c2cn(-c3ccccc3)nc2C)[C@@H]2C(=O)N(c3ccccc3)C(=O)[C@@H]21. The van der Waals surface area contributed by atoms with E-state index in [4.69, 9.17) is 4.74 Å². The number of fused-ring (bicyclic) bond motifs is 1. The van der Waals surface area contributed by atoms with Crippen molar-refractivity contribution in [1.29, 1.82) is 0 Å². The first-order valence-electron chi connectivity index (χ1n) is 11.8. The van der Waals surface area contributed by atoms with Gasteiger partial charge < -0.3 is 4.74 Å². The van der Waals surface area contributed by atoms with Gasteiger partial charge in [0, 0.05) is 17.8 Å². The summed E-state index contributed by atoms with van der Waals surface area (Å²) in [4.78, 5) is 42.4. The van der Waals surface area contributed by atoms with Crippen molar-refractivity contribution in [3.63, 3.8) is 0 Å². The summed E-state index contributed by atoms with van der Waals surface area (Å²) in [6, 6.07) is 18.0. The molecule has 0 bridgehead atoms. The third-order valence-corrected chi connectivity index (χ3v) is 7.82. The van der Waals surface area contributed by atoms with E-state index >= 15 is 0 Å². The van der Waals surface area contributed by atoms with Crippen molar-refractivity contribution in [2.24, 2.45) is 11.8 Å². The fraction of sp³-hybridized carbons (Fsp3) is 0.333. The van der Waals surface area contributed by atoms with E-state index in [0.717, 1.165) is 16.9 Å². The van der Waals surface area contributed by atoms with Gasteiger partial charge in [0.15, 0.2) is 0 Å². The van der Waals surface area contributed by atoms with E-state index in [9.17, 15) is 14.4 Å². The number of anilines is 1. The molecule has 0 saturated carbocycles. The van der Waals surface area contributed by atoms with Gasteiger partial charge >= 0.3 is 5.97 Å². The molecule has 2 saturated heterocycles. The molecule has 3 heterocycles. The lowest BCUT2D eigenvalue weighted by atomic mass is 9.78. The van der Waals surface area contributed by atoms with Crippen LogP contribution >= 0.6 is 11.8 Å². The molecule has 2 aromatic carbocycles. The molecular formula is C27H28N4O4S. The molecule has 2 amide bonds. The lowest BCUT2D eigenvalue weighted by molar-refractivity contribution is -0.152. The molecule has 0 spiro atoms. The first-order chi connectivity index (χ1) is 17.4. The van der Waals surface area contributed by atoms with Gasteiger partial charge in [-0.25, -0.2) is 9.58 Å². The Morgan fingerprint density at radius 1 is 1.06 bits per heavy atom. The lowest BCUT2D eigenvalue weighted by Gasteiger charge is -2.32. The van der Waals surface area contributed by atoms with Crippen LogP contribution in [0.5, 0.6) is 0 Å². The van der Waals surface area contributed by atoms with E-state index in [2.05, 4.69) is 10.4 Å². The van der Waals surface area contributed by atoms with Crippen LogP contribution in [0.3, 0.4) is 0 Å². The van der Waals surface area contributed by atoms with Crippen LogP contribution in [0.25, 0.3) is 5.69 Å². The van der Waals surface area contributed by atoms with Gasteiger partial charge in [-0.1, -0.05) is 36.4 Å². The third kappa shape index (κ3) is 3.74. The fourth-order valence-corrected chi connectivity index (χ4v) is 6.08. The predicted molar refractivity (Wildman–Crippen MR) is 138 cm³/mol. The van der Waals surface area contributed by atoms with Gasteiger partial charge in [-0.3, -0.25) is 19.7 Å². The molecule has 186 valence electrons. The molecule has 0 radical (unpaired) electrons. The molecule has 5 rings (SSSR count). The minimum absolute atomic E-state index is 0.324. The minimum Gasteiger partial charge on any atom is -0.468 e. The zero-order chi connectivity index (χ0) is 25.4. The van der Waals surface area contributed by atoms with Gasteiger partial charge in [0.25, 0.3) is 0 Å². The number of ether oxygens (including phenoxy) is 1. The zero-order valence-electron chi connectivity index (χ0n) is 20.4. The maximum Gasteiger partial charge on any atom is 0.326 e. The second-order valence-corrected chi connectivity index (χ2v) is 10.1. The van der Waals surface area contributed by atoms with Gasteiger partial charge in [0.2, 0.25) is 11.8 Å². The smallest absolute Gasteiger partial charge is 0.326 e. The monoisotopic (exact) mass is 504 g/mol. The number of aromatic nitrogens is 2. The quantitative estimate of drug-likeness (QED) is 0.390. The van der Waals surface area contributed by atoms with E-state index < -0.39 is 29.4 Å². The number of nitrogens with one attached hydrogen (secondary N) is 1. The Bertz CT molecular complexity index is 1300. The molecule has 0 aliphatic carbocycles. The highest BCUT2D eigenvalue weighted by Crippen LogP contribution is 2.52. The number of hydrogen-bond acceptors (Lipinski definition) is 7. The summed E-state index contributed by atoms with van der Waals surface area (Å²) in [6.07, 6.45) is 4.18. The maximum atomic E-state index is 13.9. The number of imide groups is 1. The molecule has 2 aliphatic rings. The lowest BCUT2D eigenvalue weighted by Crippen LogP contribution is -2.56. The molecule has 3 aromatic rings. The van der Waals surface area contributed by atoms with E-state index in [1.54, 1.807) is 40.7 Å². The Morgan fingerprint density at radius 2 is 1.69 bits per heavy atom. The molecule has 2 aliphatic heterocycles. The number of methoxy groups -OCH3 is 1. The second kappa shape index (κ2) is 9.55. The van der Waals surface area contributed by atoms with Crippen LogP contribution in [-0.2, 0) is 19.1 Å². The molecule has 36 heavy (non-hydrogen) atoms. The topological polar surface area (TPSA) is 93.5 Å². The summed E-state index contributed by atoms with van der Waals surface area (Å²) >= 11 is 1.58. The molecule has 8 nitrogen and oxygen atoms in total. The number of nitrogens with zero attached hydrogens (tertiary/aromatic N) is 3. The molecule has 1 N–H and O–H groups in total. The predicted octanol–water partition coefficient (Wildman–Crippen LogP) is 3.30. The number of aryl methyl sites for hydroxylation is 1. The van der Waals surface area contributed by atoms with Crippen LogP contribution < -0.4 is 10.2 Å². The van der Waals surface area contributed by atoms with Crippen LogP contribution in [0, 0.1) is 18.8 Å². The molecule has 9 heteroatoms. The number of esters is 1. The van der Waals surface area contributed by atoms with Gasteiger partial charge in [-0.2, -0.15) is 16.9 Å². The highest BCUT2D eigenvalue weighted by atomic mass is 32.2. The first-order valence-corrected chi connectivity index (χ1v) is 13.2. The number of benzene rings is 2. The molecule has 0 unspecified atom stereocenters. The van der Waals surface area contributed by atoms with Crippen molar-refractivity contribution in [3.8, 4) is 5.69 Å². The Labute approximate surface area is 214 Å². The zero-order valence-corrected chi connectivity index (χ0v) is 21.2. The number of amides is 2. The Hall–Kier alpha value is -3.43. The summed E-state index contributed by atoms with van der Waals surface area (Å²) in [7, 11) is 1.32. The third-order valence-electron chi connectivity index (χ3n) is 7.21. The average Bonchev–Trinajstić information content (AvgIpc) is 3.54. The van der Waals surface area contributed by atoms with Crippen molar-refractivity contribution in [2.45, 2.75) is 24.9 Å². The van der Waals surface area contributed by atoms with Gasteiger partial charge in [-0.05, 0) is 49.6 Å². The number of carbonyl (C=O) groups excluding carboxylic acids is 3. The van der Waals surface area contributed by atoms with Crippen molar-refractivity contribution in [2.75, 3.05) is 24.0 Å². The standard InChI is InChI=1S/C27H28N4O4S/c1-17-20(16-30(29-17)18-10-6-4-7-11-18)23-21-22(27(28-23,14-15-36-3)26(34)35-2)25(33)31(24(21)32)19-12-8-5-9-13-19/h4-13,16,21-23,28H,14-15H2,1-3H3/t21-,22-,23-,27-/m1/s1. The Balaban J connectivity index is 1.64. The van der Waals surface area contributed by atoms with Crippen LogP contribution in [0.15, 0.2) is 66.9 Å². The van der Waals surface area contributed by atoms with Crippen LogP contribution in [-0.4, -0.2) is 52.2 Å². The molecule has 4 atom stereocenters. The van der Waals surface area contributed by atoms with E-state index in [-0.39, 0.29) is 11.8 Å². The van der Waals surface area contributed by atoms with E-state index in [1.165, 1.54) is 12.0 Å². The summed E-state index contributed by atoms with van der Waals surface area (Å²) in [5.41, 5.74) is 1.55. The minimum atomic E-state index is -1.33. The van der Waals surface area contributed by atoms with Crippen molar-refractivity contribution in [3.05, 3.63) is 78.1 Å². The van der Waals surface area contributed by atoms with E-state index in [1.807, 2.05) is 55.8 Å². The Morgan fingerprint density at radius 3 is 2.31 bits per heavy atom. The second-order valence-electron chi connectivity index (χ2n) is 9.13. The number of carbonyl (C=O) groups is 3. The van der Waals surface area contributed by atoms with Crippen molar-refractivity contribution in [1.82, 2.24) is 15.1 Å².